The summed E-state index contributed by atoms with van der Waals surface area (Å²) >= 11 is 5.81. The van der Waals surface area contributed by atoms with Crippen LogP contribution in [0.3, 0.4) is 0 Å². The number of likely N-dealkylation sites (tertiary alicyclic amines) is 1. The molecule has 0 atom stereocenters. The van der Waals surface area contributed by atoms with E-state index in [0.717, 1.165) is 4.57 Å². The number of imidazole rings is 1. The fourth-order valence-electron chi connectivity index (χ4n) is 3.07. The SMILES string of the molecule is CC1(F)CN(C(=O)Cn2cnn3cnc(-c4ccc(F)c(Cl)c4)c3c2=O)C1. The standard InChI is InChI=1S/C17H14ClF2N5O2/c1-17(20)6-24(7-17)13(26)5-23-9-22-25-8-21-14(15(25)16(23)27)10-2-3-12(19)11(18)4-10/h2-4,8-9H,5-7H2,1H3. The Balaban J connectivity index is 1.70. The van der Waals surface area contributed by atoms with Crippen molar-refractivity contribution < 1.29 is 13.6 Å². The smallest absolute Gasteiger partial charge is 0.280 e. The van der Waals surface area contributed by atoms with Gasteiger partial charge in [-0.25, -0.2) is 18.3 Å². The normalized spacial score (nSPS) is 15.8. The first-order chi connectivity index (χ1) is 12.7. The van der Waals surface area contributed by atoms with E-state index < -0.39 is 17.0 Å². The largest absolute Gasteiger partial charge is 0.335 e. The molecule has 0 spiro atoms. The Labute approximate surface area is 156 Å². The minimum absolute atomic E-state index is 0.00225. The van der Waals surface area contributed by atoms with Gasteiger partial charge in [0.1, 0.15) is 36.4 Å². The number of halogens is 3. The number of hydrogen-bond donors (Lipinski definition) is 0. The Kier molecular flexibility index (Phi) is 3.99. The third-order valence-electron chi connectivity index (χ3n) is 4.42. The van der Waals surface area contributed by atoms with Gasteiger partial charge in [0, 0.05) is 5.56 Å². The number of nitrogens with zero attached hydrogens (tertiary/aromatic N) is 5. The molecule has 0 unspecified atom stereocenters. The summed E-state index contributed by atoms with van der Waals surface area (Å²) in [4.78, 5) is 30.6. The summed E-state index contributed by atoms with van der Waals surface area (Å²) in [6, 6.07) is 4.00. The zero-order valence-corrected chi connectivity index (χ0v) is 15.0. The van der Waals surface area contributed by atoms with Gasteiger partial charge >= 0.3 is 0 Å². The topological polar surface area (TPSA) is 72.5 Å². The maximum absolute atomic E-state index is 13.6. The number of benzene rings is 1. The van der Waals surface area contributed by atoms with Crippen LogP contribution in [-0.2, 0) is 11.3 Å². The predicted octanol–water partition coefficient (Wildman–Crippen LogP) is 1.92. The molecular formula is C17H14ClF2N5O2. The van der Waals surface area contributed by atoms with Crippen LogP contribution in [0.15, 0.2) is 35.6 Å². The minimum Gasteiger partial charge on any atom is -0.335 e. The molecule has 3 aromatic rings. The molecule has 1 aliphatic rings. The Bertz CT molecular complexity index is 1120. The van der Waals surface area contributed by atoms with Crippen LogP contribution in [0, 0.1) is 5.82 Å². The Hall–Kier alpha value is -2.81. The highest BCUT2D eigenvalue weighted by molar-refractivity contribution is 6.31. The summed E-state index contributed by atoms with van der Waals surface area (Å²) in [6.45, 7) is 1.17. The summed E-state index contributed by atoms with van der Waals surface area (Å²) in [5, 5.41) is 3.98. The Morgan fingerprint density at radius 3 is 2.74 bits per heavy atom. The van der Waals surface area contributed by atoms with Crippen LogP contribution in [0.2, 0.25) is 5.02 Å². The number of alkyl halides is 1. The van der Waals surface area contributed by atoms with Gasteiger partial charge in [-0.2, -0.15) is 5.10 Å². The van der Waals surface area contributed by atoms with Crippen LogP contribution in [0.1, 0.15) is 6.92 Å². The van der Waals surface area contributed by atoms with Crippen molar-refractivity contribution in [3.63, 3.8) is 0 Å². The van der Waals surface area contributed by atoms with Gasteiger partial charge in [-0.05, 0) is 25.1 Å². The first kappa shape index (κ1) is 17.6. The number of aromatic nitrogens is 4. The summed E-state index contributed by atoms with van der Waals surface area (Å²) in [5.41, 5.74) is -1.02. The first-order valence-electron chi connectivity index (χ1n) is 8.10. The molecule has 3 heterocycles. The first-order valence-corrected chi connectivity index (χ1v) is 8.48. The van der Waals surface area contributed by atoms with Crippen molar-refractivity contribution >= 4 is 23.0 Å². The maximum atomic E-state index is 13.6. The van der Waals surface area contributed by atoms with Crippen LogP contribution < -0.4 is 5.56 Å². The fraction of sp³-hybridized carbons (Fsp3) is 0.294. The molecule has 1 amide bonds. The van der Waals surface area contributed by atoms with Crippen LogP contribution in [0.25, 0.3) is 16.8 Å². The minimum atomic E-state index is -1.39. The van der Waals surface area contributed by atoms with Crippen LogP contribution in [-0.4, -0.2) is 48.7 Å². The molecule has 0 radical (unpaired) electrons. The molecule has 0 saturated carbocycles. The number of amides is 1. The van der Waals surface area contributed by atoms with Crippen molar-refractivity contribution in [2.24, 2.45) is 0 Å². The Morgan fingerprint density at radius 1 is 1.33 bits per heavy atom. The van der Waals surface area contributed by atoms with E-state index in [4.69, 9.17) is 11.6 Å². The van der Waals surface area contributed by atoms with Gasteiger partial charge in [-0.15, -0.1) is 0 Å². The van der Waals surface area contributed by atoms with Crippen LogP contribution >= 0.6 is 11.6 Å². The second-order valence-electron chi connectivity index (χ2n) is 6.74. The molecule has 0 bridgehead atoms. The lowest BCUT2D eigenvalue weighted by molar-refractivity contribution is -0.144. The number of carbonyl (C=O) groups is 1. The van der Waals surface area contributed by atoms with Crippen molar-refractivity contribution in [1.29, 1.82) is 0 Å². The summed E-state index contributed by atoms with van der Waals surface area (Å²) in [6.07, 6.45) is 2.57. The van der Waals surface area contributed by atoms with Crippen molar-refractivity contribution in [3.8, 4) is 11.3 Å². The molecule has 27 heavy (non-hydrogen) atoms. The lowest BCUT2D eigenvalue weighted by Crippen LogP contribution is -2.60. The molecule has 4 rings (SSSR count). The van der Waals surface area contributed by atoms with Crippen molar-refractivity contribution in [2.45, 2.75) is 19.1 Å². The van der Waals surface area contributed by atoms with Crippen molar-refractivity contribution in [1.82, 2.24) is 24.1 Å². The van der Waals surface area contributed by atoms with Gasteiger partial charge in [0.2, 0.25) is 5.91 Å². The third kappa shape index (κ3) is 3.08. The quantitative estimate of drug-likeness (QED) is 0.681. The fourth-order valence-corrected chi connectivity index (χ4v) is 3.25. The lowest BCUT2D eigenvalue weighted by atomic mass is 9.99. The maximum Gasteiger partial charge on any atom is 0.280 e. The van der Waals surface area contributed by atoms with E-state index >= 15 is 0 Å². The number of rotatable bonds is 3. The number of carbonyl (C=O) groups excluding carboxylic acids is 1. The van der Waals surface area contributed by atoms with Gasteiger partial charge < -0.3 is 4.90 Å². The highest BCUT2D eigenvalue weighted by Gasteiger charge is 2.41. The van der Waals surface area contributed by atoms with Crippen LogP contribution in [0.4, 0.5) is 8.78 Å². The second kappa shape index (κ2) is 6.12. The molecule has 0 aliphatic carbocycles. The molecule has 1 aromatic carbocycles. The van der Waals surface area contributed by atoms with E-state index in [2.05, 4.69) is 10.1 Å². The van der Waals surface area contributed by atoms with E-state index in [0.29, 0.717) is 5.56 Å². The molecule has 2 aromatic heterocycles. The molecule has 1 saturated heterocycles. The second-order valence-corrected chi connectivity index (χ2v) is 7.15. The summed E-state index contributed by atoms with van der Waals surface area (Å²) < 4.78 is 29.4. The average molecular weight is 394 g/mol. The average Bonchev–Trinajstić information content (AvgIpc) is 3.02. The van der Waals surface area contributed by atoms with E-state index in [9.17, 15) is 18.4 Å². The highest BCUT2D eigenvalue weighted by atomic mass is 35.5. The van der Waals surface area contributed by atoms with Crippen LogP contribution in [0.5, 0.6) is 0 Å². The zero-order chi connectivity index (χ0) is 19.3. The highest BCUT2D eigenvalue weighted by Crippen LogP contribution is 2.26. The summed E-state index contributed by atoms with van der Waals surface area (Å²) in [7, 11) is 0. The van der Waals surface area contributed by atoms with Gasteiger partial charge in [-0.1, -0.05) is 11.6 Å². The Morgan fingerprint density at radius 2 is 2.07 bits per heavy atom. The van der Waals surface area contributed by atoms with Crippen molar-refractivity contribution in [2.75, 3.05) is 13.1 Å². The predicted molar refractivity (Wildman–Crippen MR) is 93.7 cm³/mol. The molecule has 140 valence electrons. The van der Waals surface area contributed by atoms with E-state index in [1.165, 1.54) is 47.2 Å². The van der Waals surface area contributed by atoms with Gasteiger partial charge in [0.05, 0.1) is 18.1 Å². The van der Waals surface area contributed by atoms with Gasteiger partial charge in [0.25, 0.3) is 5.56 Å². The molecule has 1 fully saturated rings. The molecule has 0 N–H and O–H groups in total. The summed E-state index contributed by atoms with van der Waals surface area (Å²) in [5.74, 6) is -0.955. The zero-order valence-electron chi connectivity index (χ0n) is 14.2. The number of hydrogen-bond acceptors (Lipinski definition) is 4. The lowest BCUT2D eigenvalue weighted by Gasteiger charge is -2.42. The molecule has 7 nitrogen and oxygen atoms in total. The van der Waals surface area contributed by atoms with Gasteiger partial charge in [-0.3, -0.25) is 14.2 Å². The van der Waals surface area contributed by atoms with E-state index in [1.807, 2.05) is 0 Å². The molecular weight excluding hydrogens is 380 g/mol. The molecule has 1 aliphatic heterocycles. The molecule has 10 heteroatoms. The number of fused-ring (bicyclic) bond motifs is 1. The van der Waals surface area contributed by atoms with Gasteiger partial charge in [0.15, 0.2) is 5.52 Å². The third-order valence-corrected chi connectivity index (χ3v) is 4.71. The van der Waals surface area contributed by atoms with Crippen molar-refractivity contribution in [3.05, 3.63) is 52.0 Å². The monoisotopic (exact) mass is 393 g/mol. The van der Waals surface area contributed by atoms with E-state index in [-0.39, 0.29) is 41.8 Å². The van der Waals surface area contributed by atoms with E-state index in [1.54, 1.807) is 0 Å².